The van der Waals surface area contributed by atoms with Gasteiger partial charge in [0.25, 0.3) is 0 Å². The summed E-state index contributed by atoms with van der Waals surface area (Å²) in [5.41, 5.74) is -1.76. The minimum Gasteiger partial charge on any atom is -0.465 e. The summed E-state index contributed by atoms with van der Waals surface area (Å²) in [7, 11) is 0. The van der Waals surface area contributed by atoms with Gasteiger partial charge in [0.15, 0.2) is 17.2 Å². The second-order valence-corrected chi connectivity index (χ2v) is 4.32. The number of carbonyl (C=O) groups is 4. The van der Waals surface area contributed by atoms with E-state index in [2.05, 4.69) is 10.3 Å². The predicted molar refractivity (Wildman–Crippen MR) is 76.2 cm³/mol. The van der Waals surface area contributed by atoms with Gasteiger partial charge in [0.1, 0.15) is 0 Å². The highest BCUT2D eigenvalue weighted by molar-refractivity contribution is 6.09. The molecule has 0 fully saturated rings. The van der Waals surface area contributed by atoms with E-state index in [1.165, 1.54) is 18.4 Å². The molecular formula is C14H18N2O6. The topological polar surface area (TPSA) is 111 Å². The lowest BCUT2D eigenvalue weighted by molar-refractivity contribution is -0.165. The first-order valence-electron chi connectivity index (χ1n) is 6.80. The van der Waals surface area contributed by atoms with Gasteiger partial charge < -0.3 is 14.8 Å². The summed E-state index contributed by atoms with van der Waals surface area (Å²) in [6.07, 6.45) is 4.44. The van der Waals surface area contributed by atoms with Crippen molar-refractivity contribution in [3.63, 3.8) is 0 Å². The van der Waals surface area contributed by atoms with Gasteiger partial charge in [-0.25, -0.2) is 0 Å². The van der Waals surface area contributed by atoms with Gasteiger partial charge in [0.05, 0.1) is 19.8 Å². The van der Waals surface area contributed by atoms with E-state index in [4.69, 9.17) is 9.47 Å². The Kier molecular flexibility index (Phi) is 6.43. The maximum Gasteiger partial charge on any atom is 0.323 e. The number of amides is 1. The Morgan fingerprint density at radius 1 is 1.23 bits per heavy atom. The number of allylic oxidation sites excluding steroid dienone is 1. The zero-order chi connectivity index (χ0) is 16.6. The van der Waals surface area contributed by atoms with E-state index in [-0.39, 0.29) is 19.8 Å². The molecule has 1 N–H and O–H groups in total. The standard InChI is InChI=1S/C14H18N2O6/c1-3-21-12(19)11(13(20)22-4-2)14(6-5-7-16-14)10(18)8-15-9-17/h5-7,9,11H,3-4,8H2,1-2H3,(H,15,17). The molecule has 120 valence electrons. The van der Waals surface area contributed by atoms with Crippen molar-refractivity contribution < 1.29 is 28.7 Å². The van der Waals surface area contributed by atoms with Gasteiger partial charge >= 0.3 is 11.9 Å². The summed E-state index contributed by atoms with van der Waals surface area (Å²) in [5, 5.41) is 2.20. The number of nitrogens with one attached hydrogen (secondary N) is 1. The quantitative estimate of drug-likeness (QED) is 0.346. The van der Waals surface area contributed by atoms with Gasteiger partial charge in [0.2, 0.25) is 6.41 Å². The Labute approximate surface area is 127 Å². The number of ether oxygens (including phenoxy) is 2. The highest BCUT2D eigenvalue weighted by Crippen LogP contribution is 2.30. The van der Waals surface area contributed by atoms with Crippen LogP contribution in [0, 0.1) is 5.92 Å². The maximum atomic E-state index is 12.4. The van der Waals surface area contributed by atoms with Gasteiger partial charge in [-0.15, -0.1) is 0 Å². The van der Waals surface area contributed by atoms with Crippen LogP contribution in [0.15, 0.2) is 17.1 Å². The van der Waals surface area contributed by atoms with Crippen molar-refractivity contribution in [2.24, 2.45) is 10.9 Å². The number of esters is 2. The van der Waals surface area contributed by atoms with E-state index < -0.39 is 29.2 Å². The van der Waals surface area contributed by atoms with Crippen LogP contribution >= 0.6 is 0 Å². The summed E-state index contributed by atoms with van der Waals surface area (Å²) in [6.45, 7) is 2.87. The maximum absolute atomic E-state index is 12.4. The predicted octanol–water partition coefficient (Wildman–Crippen LogP) is -0.577. The van der Waals surface area contributed by atoms with Crippen LogP contribution in [0.1, 0.15) is 13.8 Å². The van der Waals surface area contributed by atoms with Crippen LogP contribution < -0.4 is 5.32 Å². The minimum atomic E-state index is -1.76. The molecule has 1 atom stereocenters. The van der Waals surface area contributed by atoms with Gasteiger partial charge in [-0.1, -0.05) is 0 Å². The molecule has 0 saturated heterocycles. The Bertz CT molecular complexity index is 481. The molecule has 0 aromatic rings. The first kappa shape index (κ1) is 17.5. The number of ketones is 1. The molecule has 8 nitrogen and oxygen atoms in total. The summed E-state index contributed by atoms with van der Waals surface area (Å²) in [4.78, 5) is 51.0. The summed E-state index contributed by atoms with van der Waals surface area (Å²) < 4.78 is 9.75. The van der Waals surface area contributed by atoms with Crippen LogP contribution in [0.3, 0.4) is 0 Å². The number of hydrogen-bond donors (Lipinski definition) is 1. The minimum absolute atomic E-state index is 0.0407. The molecule has 0 saturated carbocycles. The molecule has 1 amide bonds. The van der Waals surface area contributed by atoms with Gasteiger partial charge in [-0.2, -0.15) is 0 Å². The van der Waals surface area contributed by atoms with E-state index >= 15 is 0 Å². The van der Waals surface area contributed by atoms with Crippen molar-refractivity contribution in [3.05, 3.63) is 12.2 Å². The summed E-state index contributed by atoms with van der Waals surface area (Å²) >= 11 is 0. The zero-order valence-corrected chi connectivity index (χ0v) is 12.4. The molecule has 0 aromatic heterocycles. The van der Waals surface area contributed by atoms with Crippen molar-refractivity contribution in [3.8, 4) is 0 Å². The average Bonchev–Trinajstić information content (AvgIpc) is 2.96. The second-order valence-electron chi connectivity index (χ2n) is 4.32. The third kappa shape index (κ3) is 3.57. The second kappa shape index (κ2) is 8.06. The van der Waals surface area contributed by atoms with E-state index in [0.717, 1.165) is 0 Å². The van der Waals surface area contributed by atoms with Crippen molar-refractivity contribution >= 4 is 30.3 Å². The molecule has 0 aromatic carbocycles. The van der Waals surface area contributed by atoms with Crippen LogP contribution in [-0.2, 0) is 28.7 Å². The van der Waals surface area contributed by atoms with Gasteiger partial charge in [-0.3, -0.25) is 24.2 Å². The molecule has 1 unspecified atom stereocenters. The molecular weight excluding hydrogens is 292 g/mol. The highest BCUT2D eigenvalue weighted by atomic mass is 16.6. The number of Topliss-reactive ketones (excluding diaryl/α,β-unsaturated/α-hetero) is 1. The van der Waals surface area contributed by atoms with E-state index in [1.54, 1.807) is 13.8 Å². The largest absolute Gasteiger partial charge is 0.465 e. The Morgan fingerprint density at radius 2 is 1.82 bits per heavy atom. The summed E-state index contributed by atoms with van der Waals surface area (Å²) in [6, 6.07) is 0. The molecule has 8 heteroatoms. The lowest BCUT2D eigenvalue weighted by atomic mass is 9.80. The van der Waals surface area contributed by atoms with E-state index in [1.807, 2.05) is 0 Å². The van der Waals surface area contributed by atoms with Crippen molar-refractivity contribution in [2.45, 2.75) is 19.4 Å². The third-order valence-corrected chi connectivity index (χ3v) is 3.00. The van der Waals surface area contributed by atoms with Crippen LogP contribution in [0.5, 0.6) is 0 Å². The van der Waals surface area contributed by atoms with Gasteiger partial charge in [-0.05, 0) is 26.0 Å². The highest BCUT2D eigenvalue weighted by Gasteiger charge is 2.53. The number of aliphatic imine (C=N–C) groups is 1. The monoisotopic (exact) mass is 310 g/mol. The molecule has 1 aliphatic heterocycles. The molecule has 0 radical (unpaired) electrons. The fourth-order valence-electron chi connectivity index (χ4n) is 2.08. The zero-order valence-electron chi connectivity index (χ0n) is 12.4. The third-order valence-electron chi connectivity index (χ3n) is 3.00. The van der Waals surface area contributed by atoms with Crippen molar-refractivity contribution in [1.82, 2.24) is 5.32 Å². The smallest absolute Gasteiger partial charge is 0.323 e. The molecule has 1 heterocycles. The average molecular weight is 310 g/mol. The Balaban J connectivity index is 3.20. The Morgan fingerprint density at radius 3 is 2.23 bits per heavy atom. The Hall–Kier alpha value is -2.51. The van der Waals surface area contributed by atoms with E-state index in [0.29, 0.717) is 6.41 Å². The number of carbonyl (C=O) groups excluding carboxylic acids is 4. The molecule has 0 spiro atoms. The molecule has 1 aliphatic rings. The lowest BCUT2D eigenvalue weighted by Crippen LogP contribution is -2.53. The van der Waals surface area contributed by atoms with Crippen molar-refractivity contribution in [2.75, 3.05) is 19.8 Å². The number of rotatable bonds is 9. The number of hydrogen-bond acceptors (Lipinski definition) is 7. The van der Waals surface area contributed by atoms with Crippen LogP contribution in [-0.4, -0.2) is 55.6 Å². The normalized spacial score (nSPS) is 19.0. The fraction of sp³-hybridized carbons (Fsp3) is 0.500. The van der Waals surface area contributed by atoms with Gasteiger partial charge in [0, 0.05) is 6.21 Å². The SMILES string of the molecule is CCOC(=O)C(C(=O)OCC)C1(C(=O)CNC=O)C=CC=N1. The number of nitrogens with zero attached hydrogens (tertiary/aromatic N) is 1. The molecule has 1 rings (SSSR count). The van der Waals surface area contributed by atoms with E-state index in [9.17, 15) is 19.2 Å². The molecule has 0 aliphatic carbocycles. The van der Waals surface area contributed by atoms with Crippen LogP contribution in [0.4, 0.5) is 0 Å². The van der Waals surface area contributed by atoms with Crippen LogP contribution in [0.25, 0.3) is 0 Å². The first-order valence-corrected chi connectivity index (χ1v) is 6.80. The van der Waals surface area contributed by atoms with Crippen molar-refractivity contribution in [1.29, 1.82) is 0 Å². The first-order chi connectivity index (χ1) is 10.5. The fourth-order valence-corrected chi connectivity index (χ4v) is 2.08. The molecule has 0 bridgehead atoms. The summed E-state index contributed by atoms with van der Waals surface area (Å²) in [5.74, 6) is -3.97. The lowest BCUT2D eigenvalue weighted by Gasteiger charge is -2.28. The van der Waals surface area contributed by atoms with Crippen LogP contribution in [0.2, 0.25) is 0 Å². The molecule has 22 heavy (non-hydrogen) atoms.